The van der Waals surface area contributed by atoms with Crippen LogP contribution in [-0.4, -0.2) is 13.1 Å². The van der Waals surface area contributed by atoms with Crippen molar-refractivity contribution in [3.8, 4) is 12.3 Å². The molecule has 0 aliphatic rings. The Balaban J connectivity index is 0. The fourth-order valence-corrected chi connectivity index (χ4v) is 0.220. The van der Waals surface area contributed by atoms with E-state index in [2.05, 4.69) is 17.8 Å². The smallest absolute Gasteiger partial charge is 0 e. The van der Waals surface area contributed by atoms with Gasteiger partial charge in [0.2, 0.25) is 0 Å². The summed E-state index contributed by atoms with van der Waals surface area (Å²) in [5.74, 6) is 2.39. The molecule has 0 amide bonds. The molecule has 0 aliphatic heterocycles. The first-order valence-electron chi connectivity index (χ1n) is 2.09. The van der Waals surface area contributed by atoms with Crippen molar-refractivity contribution >= 4 is 0 Å². The second-order valence-corrected chi connectivity index (χ2v) is 1.06. The van der Waals surface area contributed by atoms with Crippen LogP contribution in [0.3, 0.4) is 0 Å². The molecule has 1 nitrogen and oxygen atoms in total. The van der Waals surface area contributed by atoms with Crippen molar-refractivity contribution in [3.63, 3.8) is 0 Å². The second kappa shape index (κ2) is 10.4. The van der Waals surface area contributed by atoms with Crippen LogP contribution in [0.2, 0.25) is 0 Å². The van der Waals surface area contributed by atoms with Gasteiger partial charge in [-0.1, -0.05) is 6.54 Å². The van der Waals surface area contributed by atoms with Crippen molar-refractivity contribution in [2.45, 2.75) is 0 Å². The third-order valence-electron chi connectivity index (χ3n) is 0.461. The molecule has 2 heteroatoms. The molecule has 8 heavy (non-hydrogen) atoms. The average Bonchev–Trinajstić information content (AvgIpc) is 1.69. The fourth-order valence-electron chi connectivity index (χ4n) is 0.220. The van der Waals surface area contributed by atoms with Crippen molar-refractivity contribution in [1.29, 1.82) is 0 Å². The van der Waals surface area contributed by atoms with Crippen LogP contribution in [0.15, 0.2) is 12.7 Å². The standard InChI is InChI=1S/C6H8N.Y/c1-3-5-7-6-4-2;/h1,4H,2,5-6H2;/q-1;. The minimum absolute atomic E-state index is 0. The molecule has 0 saturated heterocycles. The van der Waals surface area contributed by atoms with Crippen molar-refractivity contribution < 1.29 is 32.7 Å². The van der Waals surface area contributed by atoms with Gasteiger partial charge in [0.1, 0.15) is 0 Å². The zero-order chi connectivity index (χ0) is 5.54. The maximum Gasteiger partial charge on any atom is 0 e. The van der Waals surface area contributed by atoms with Crippen molar-refractivity contribution in [2.75, 3.05) is 13.1 Å². The molecular formula is C6H8NY-. The molecule has 0 atom stereocenters. The van der Waals surface area contributed by atoms with Gasteiger partial charge >= 0.3 is 0 Å². The summed E-state index contributed by atoms with van der Waals surface area (Å²) in [6, 6.07) is 0. The zero-order valence-corrected chi connectivity index (χ0v) is 7.64. The molecule has 0 rings (SSSR count). The van der Waals surface area contributed by atoms with Crippen LogP contribution in [-0.2, 0) is 32.7 Å². The largest absolute Gasteiger partial charge is 0.649 e. The van der Waals surface area contributed by atoms with Gasteiger partial charge in [0.15, 0.2) is 0 Å². The quantitative estimate of drug-likeness (QED) is 0.354. The summed E-state index contributed by atoms with van der Waals surface area (Å²) in [5.41, 5.74) is 0. The van der Waals surface area contributed by atoms with Crippen LogP contribution < -0.4 is 0 Å². The molecule has 41 valence electrons. The van der Waals surface area contributed by atoms with E-state index in [0.29, 0.717) is 13.1 Å². The van der Waals surface area contributed by atoms with E-state index < -0.39 is 0 Å². The van der Waals surface area contributed by atoms with E-state index >= 15 is 0 Å². The molecule has 0 aromatic heterocycles. The normalized spacial score (nSPS) is 6.38. The van der Waals surface area contributed by atoms with Gasteiger partial charge in [0, 0.05) is 32.7 Å². The molecule has 0 saturated carbocycles. The van der Waals surface area contributed by atoms with Crippen LogP contribution in [0, 0.1) is 12.3 Å². The number of nitrogens with zero attached hydrogens (tertiary/aromatic N) is 1. The average molecular weight is 183 g/mol. The SMILES string of the molecule is C#CC[N-]CC=C.[Y]. The first-order valence-corrected chi connectivity index (χ1v) is 2.09. The molecule has 0 aromatic rings. The second-order valence-electron chi connectivity index (χ2n) is 1.06. The Bertz CT molecular complexity index is 83.0. The van der Waals surface area contributed by atoms with Gasteiger partial charge in [-0.25, -0.2) is 0 Å². The Morgan fingerprint density at radius 2 is 2.38 bits per heavy atom. The first-order chi connectivity index (χ1) is 3.41. The molecule has 1 radical (unpaired) electrons. The van der Waals surface area contributed by atoms with Gasteiger partial charge < -0.3 is 5.32 Å². The van der Waals surface area contributed by atoms with Gasteiger partial charge in [-0.3, -0.25) is 0 Å². The summed E-state index contributed by atoms with van der Waals surface area (Å²) >= 11 is 0. The Morgan fingerprint density at radius 1 is 1.75 bits per heavy atom. The Hall–Kier alpha value is 0.364. The topological polar surface area (TPSA) is 14.1 Å². The summed E-state index contributed by atoms with van der Waals surface area (Å²) in [5, 5.41) is 3.85. The van der Waals surface area contributed by atoms with Crippen molar-refractivity contribution in [2.24, 2.45) is 0 Å². The molecule has 0 aromatic carbocycles. The van der Waals surface area contributed by atoms with E-state index in [1.54, 1.807) is 6.08 Å². The Morgan fingerprint density at radius 3 is 2.75 bits per heavy atom. The van der Waals surface area contributed by atoms with Crippen LogP contribution >= 0.6 is 0 Å². The molecular weight excluding hydrogens is 175 g/mol. The molecule has 0 N–H and O–H groups in total. The van der Waals surface area contributed by atoms with E-state index in [1.807, 2.05) is 0 Å². The molecule has 0 heterocycles. The van der Waals surface area contributed by atoms with Crippen LogP contribution in [0.1, 0.15) is 0 Å². The predicted octanol–water partition coefficient (Wildman–Crippen LogP) is 1.18. The van der Waals surface area contributed by atoms with Gasteiger partial charge in [0.25, 0.3) is 0 Å². The minimum atomic E-state index is 0. The van der Waals surface area contributed by atoms with Gasteiger partial charge in [0.05, 0.1) is 0 Å². The summed E-state index contributed by atoms with van der Waals surface area (Å²) in [4.78, 5) is 0. The maximum atomic E-state index is 4.89. The predicted molar refractivity (Wildman–Crippen MR) is 32.1 cm³/mol. The van der Waals surface area contributed by atoms with Crippen molar-refractivity contribution in [1.82, 2.24) is 0 Å². The number of hydrogen-bond acceptors (Lipinski definition) is 0. The monoisotopic (exact) mass is 183 g/mol. The summed E-state index contributed by atoms with van der Waals surface area (Å²) in [6.07, 6.45) is 6.61. The zero-order valence-electron chi connectivity index (χ0n) is 4.80. The van der Waals surface area contributed by atoms with E-state index in [-0.39, 0.29) is 32.7 Å². The van der Waals surface area contributed by atoms with E-state index in [9.17, 15) is 0 Å². The molecule has 0 fully saturated rings. The molecule has 0 spiro atoms. The molecule has 0 bridgehead atoms. The van der Waals surface area contributed by atoms with E-state index in [4.69, 9.17) is 6.42 Å². The molecule has 0 unspecified atom stereocenters. The summed E-state index contributed by atoms with van der Waals surface area (Å²) < 4.78 is 0. The fraction of sp³-hybridized carbons (Fsp3) is 0.333. The number of rotatable bonds is 3. The van der Waals surface area contributed by atoms with Crippen LogP contribution in [0.4, 0.5) is 0 Å². The molecule has 0 aliphatic carbocycles. The van der Waals surface area contributed by atoms with Crippen molar-refractivity contribution in [3.05, 3.63) is 18.0 Å². The van der Waals surface area contributed by atoms with Crippen LogP contribution in [0.25, 0.3) is 5.32 Å². The summed E-state index contributed by atoms with van der Waals surface area (Å²) in [6.45, 7) is 4.65. The van der Waals surface area contributed by atoms with Crippen LogP contribution in [0.5, 0.6) is 0 Å². The third-order valence-corrected chi connectivity index (χ3v) is 0.461. The first kappa shape index (κ1) is 11.2. The van der Waals surface area contributed by atoms with E-state index in [0.717, 1.165) is 0 Å². The Kier molecular flexibility index (Phi) is 14.5. The minimum Gasteiger partial charge on any atom is -0.649 e. The Labute approximate surface area is 75.8 Å². The van der Waals surface area contributed by atoms with Gasteiger partial charge in [-0.05, 0) is 0 Å². The number of terminal acetylenes is 1. The third kappa shape index (κ3) is 9.61. The maximum absolute atomic E-state index is 4.89. The summed E-state index contributed by atoms with van der Waals surface area (Å²) in [7, 11) is 0. The van der Waals surface area contributed by atoms with Gasteiger partial charge in [-0.15, -0.1) is 31.5 Å². The van der Waals surface area contributed by atoms with E-state index in [1.165, 1.54) is 0 Å². The van der Waals surface area contributed by atoms with Gasteiger partial charge in [-0.2, -0.15) is 0 Å². The number of hydrogen-bond donors (Lipinski definition) is 0.